The van der Waals surface area contributed by atoms with Crippen molar-refractivity contribution in [3.63, 3.8) is 0 Å². The minimum atomic E-state index is -4.66. The van der Waals surface area contributed by atoms with E-state index in [0.717, 1.165) is 18.5 Å². The van der Waals surface area contributed by atoms with Gasteiger partial charge in [0.05, 0.1) is 17.7 Å². The van der Waals surface area contributed by atoms with Gasteiger partial charge in [-0.1, -0.05) is 17.7 Å². The Morgan fingerprint density at radius 3 is 2.42 bits per heavy atom. The second-order valence-corrected chi connectivity index (χ2v) is 6.69. The highest BCUT2D eigenvalue weighted by atomic mass is 35.5. The van der Waals surface area contributed by atoms with E-state index in [9.17, 15) is 22.8 Å². The molecule has 3 aromatic rings. The first-order valence-electron chi connectivity index (χ1n) is 9.04. The summed E-state index contributed by atoms with van der Waals surface area (Å²) >= 11 is 5.57. The molecule has 3 N–H and O–H groups in total. The highest BCUT2D eigenvalue weighted by Crippen LogP contribution is 2.36. The van der Waals surface area contributed by atoms with Crippen molar-refractivity contribution in [1.82, 2.24) is 15.4 Å². The Hall–Kier alpha value is -3.90. The molecule has 1 aromatic heterocycles. The Balaban J connectivity index is 1.68. The van der Waals surface area contributed by atoms with Crippen molar-refractivity contribution in [2.24, 2.45) is 0 Å². The molecule has 0 radical (unpaired) electrons. The van der Waals surface area contributed by atoms with Crippen LogP contribution in [0.3, 0.4) is 0 Å². The number of nitrogens with one attached hydrogen (secondary N) is 3. The molecule has 0 spiro atoms. The fourth-order valence-electron chi connectivity index (χ4n) is 2.54. The molecule has 0 atom stereocenters. The SMILES string of the molecule is CONC(=O)c1cc(Oc2cccc(NC(=O)Nc3ccc(Cl)c(C(F)(F)F)c3)c2)ncn1. The fraction of sp³-hybridized carbons (Fsp3) is 0.100. The minimum absolute atomic E-state index is 0.00306. The number of benzene rings is 2. The molecule has 0 aliphatic rings. The molecule has 0 saturated carbocycles. The predicted molar refractivity (Wildman–Crippen MR) is 112 cm³/mol. The smallest absolute Gasteiger partial charge is 0.417 e. The predicted octanol–water partition coefficient (Wildman–Crippen LogP) is 4.88. The van der Waals surface area contributed by atoms with Gasteiger partial charge in [0.25, 0.3) is 5.91 Å². The second-order valence-electron chi connectivity index (χ2n) is 6.28. The highest BCUT2D eigenvalue weighted by molar-refractivity contribution is 6.31. The first-order chi connectivity index (χ1) is 15.7. The van der Waals surface area contributed by atoms with Crippen LogP contribution < -0.4 is 20.9 Å². The lowest BCUT2D eigenvalue weighted by molar-refractivity contribution is -0.137. The van der Waals surface area contributed by atoms with Gasteiger partial charge in [0.1, 0.15) is 17.8 Å². The summed E-state index contributed by atoms with van der Waals surface area (Å²) in [5.41, 5.74) is 1.22. The first-order valence-corrected chi connectivity index (χ1v) is 9.41. The van der Waals surface area contributed by atoms with E-state index in [1.54, 1.807) is 12.1 Å². The largest absolute Gasteiger partial charge is 0.439 e. The number of alkyl halides is 3. The number of carbonyl (C=O) groups excluding carboxylic acids is 2. The Labute approximate surface area is 189 Å². The van der Waals surface area contributed by atoms with Crippen LogP contribution in [0.2, 0.25) is 5.02 Å². The quantitative estimate of drug-likeness (QED) is 0.432. The van der Waals surface area contributed by atoms with Crippen molar-refractivity contribution in [1.29, 1.82) is 0 Å². The third kappa shape index (κ3) is 6.54. The maximum absolute atomic E-state index is 13.0. The molecule has 3 rings (SSSR count). The molecule has 13 heteroatoms. The molecule has 0 fully saturated rings. The summed E-state index contributed by atoms with van der Waals surface area (Å²) < 4.78 is 44.5. The van der Waals surface area contributed by atoms with Gasteiger partial charge in [-0.2, -0.15) is 13.2 Å². The lowest BCUT2D eigenvalue weighted by atomic mass is 10.2. The number of halogens is 4. The van der Waals surface area contributed by atoms with Crippen LogP contribution in [0.1, 0.15) is 16.1 Å². The number of hydrogen-bond acceptors (Lipinski definition) is 6. The van der Waals surface area contributed by atoms with Crippen molar-refractivity contribution in [2.75, 3.05) is 17.7 Å². The number of rotatable bonds is 6. The summed E-state index contributed by atoms with van der Waals surface area (Å²) in [7, 11) is 1.27. The average molecular weight is 482 g/mol. The van der Waals surface area contributed by atoms with E-state index >= 15 is 0 Å². The zero-order valence-electron chi connectivity index (χ0n) is 16.7. The number of hydroxylamine groups is 1. The molecule has 0 bridgehead atoms. The van der Waals surface area contributed by atoms with Gasteiger partial charge < -0.3 is 15.4 Å². The molecule has 0 aliphatic carbocycles. The van der Waals surface area contributed by atoms with Gasteiger partial charge in [-0.05, 0) is 30.3 Å². The molecule has 172 valence electrons. The molecular weight excluding hydrogens is 467 g/mol. The molecule has 9 nitrogen and oxygen atoms in total. The van der Waals surface area contributed by atoms with E-state index in [-0.39, 0.29) is 28.7 Å². The van der Waals surface area contributed by atoms with Crippen LogP contribution in [0.4, 0.5) is 29.3 Å². The van der Waals surface area contributed by atoms with E-state index in [1.807, 2.05) is 0 Å². The lowest BCUT2D eigenvalue weighted by Crippen LogP contribution is -2.22. The third-order valence-corrected chi connectivity index (χ3v) is 4.24. The van der Waals surface area contributed by atoms with E-state index in [1.165, 1.54) is 31.4 Å². The number of aromatic nitrogens is 2. The molecule has 1 heterocycles. The molecule has 0 aliphatic heterocycles. The van der Waals surface area contributed by atoms with E-state index < -0.39 is 28.7 Å². The first kappa shape index (κ1) is 23.8. The summed E-state index contributed by atoms with van der Waals surface area (Å²) in [5.74, 6) is -0.295. The molecule has 33 heavy (non-hydrogen) atoms. The number of carbonyl (C=O) groups is 2. The van der Waals surface area contributed by atoms with Crippen LogP contribution in [0.15, 0.2) is 54.9 Å². The van der Waals surface area contributed by atoms with Crippen LogP contribution in [0.25, 0.3) is 0 Å². The summed E-state index contributed by atoms with van der Waals surface area (Å²) in [6, 6.07) is 9.60. The maximum Gasteiger partial charge on any atom is 0.417 e. The van der Waals surface area contributed by atoms with Crippen molar-refractivity contribution >= 4 is 34.9 Å². The van der Waals surface area contributed by atoms with Crippen molar-refractivity contribution in [2.45, 2.75) is 6.18 Å². The molecule has 2 aromatic carbocycles. The van der Waals surface area contributed by atoms with Crippen LogP contribution in [0.5, 0.6) is 11.6 Å². The van der Waals surface area contributed by atoms with Gasteiger partial charge in [0, 0.05) is 23.5 Å². The Kier molecular flexibility index (Phi) is 7.30. The Morgan fingerprint density at radius 2 is 1.73 bits per heavy atom. The summed E-state index contributed by atoms with van der Waals surface area (Å²) in [5, 5.41) is 4.30. The summed E-state index contributed by atoms with van der Waals surface area (Å²) in [6.45, 7) is 0. The van der Waals surface area contributed by atoms with Gasteiger partial charge in [0.2, 0.25) is 5.88 Å². The van der Waals surface area contributed by atoms with Gasteiger partial charge in [-0.25, -0.2) is 20.2 Å². The maximum atomic E-state index is 13.0. The molecule has 0 unspecified atom stereocenters. The normalized spacial score (nSPS) is 10.9. The van der Waals surface area contributed by atoms with Crippen molar-refractivity contribution in [3.05, 3.63) is 71.1 Å². The standard InChI is InChI=1S/C20H15ClF3N5O4/c1-32-29-18(30)16-9-17(26-10-25-16)33-13-4-2-3-11(7-13)27-19(31)28-12-5-6-15(21)14(8-12)20(22,23)24/h2-10H,1H3,(H,29,30)(H2,27,28,31). The number of anilines is 2. The van der Waals surface area contributed by atoms with E-state index in [2.05, 4.69) is 30.9 Å². The summed E-state index contributed by atoms with van der Waals surface area (Å²) in [6.07, 6.45) is -3.54. The van der Waals surface area contributed by atoms with Crippen LogP contribution in [0, 0.1) is 0 Å². The highest BCUT2D eigenvalue weighted by Gasteiger charge is 2.33. The Morgan fingerprint density at radius 1 is 1.00 bits per heavy atom. The molecule has 0 saturated heterocycles. The van der Waals surface area contributed by atoms with E-state index in [4.69, 9.17) is 16.3 Å². The lowest BCUT2D eigenvalue weighted by Gasteiger charge is -2.13. The number of urea groups is 1. The zero-order valence-corrected chi connectivity index (χ0v) is 17.5. The summed E-state index contributed by atoms with van der Waals surface area (Å²) in [4.78, 5) is 36.2. The topological polar surface area (TPSA) is 114 Å². The van der Waals surface area contributed by atoms with Gasteiger partial charge in [-0.15, -0.1) is 0 Å². The zero-order chi connectivity index (χ0) is 24.0. The van der Waals surface area contributed by atoms with Crippen molar-refractivity contribution < 1.29 is 32.3 Å². The average Bonchev–Trinajstić information content (AvgIpc) is 2.75. The number of ether oxygens (including phenoxy) is 1. The number of nitrogens with zero attached hydrogens (tertiary/aromatic N) is 2. The number of hydrogen-bond donors (Lipinski definition) is 3. The van der Waals surface area contributed by atoms with Crippen molar-refractivity contribution in [3.8, 4) is 11.6 Å². The van der Waals surface area contributed by atoms with Crippen LogP contribution in [-0.2, 0) is 11.0 Å². The van der Waals surface area contributed by atoms with Crippen LogP contribution >= 0.6 is 11.6 Å². The van der Waals surface area contributed by atoms with E-state index in [0.29, 0.717) is 0 Å². The third-order valence-electron chi connectivity index (χ3n) is 3.91. The fourth-order valence-corrected chi connectivity index (χ4v) is 2.76. The molecular formula is C20H15ClF3N5O4. The Bertz CT molecular complexity index is 1180. The van der Waals surface area contributed by atoms with Gasteiger partial charge in [0.15, 0.2) is 0 Å². The molecule has 3 amide bonds. The van der Waals surface area contributed by atoms with Crippen LogP contribution in [-0.4, -0.2) is 29.0 Å². The number of amides is 3. The minimum Gasteiger partial charge on any atom is -0.439 e. The second kappa shape index (κ2) is 10.1. The van der Waals surface area contributed by atoms with Gasteiger partial charge in [-0.3, -0.25) is 9.63 Å². The monoisotopic (exact) mass is 481 g/mol. The van der Waals surface area contributed by atoms with Gasteiger partial charge >= 0.3 is 12.2 Å².